The number of rotatable bonds is 2. The second kappa shape index (κ2) is 4.98. The molecule has 2 rings (SSSR count). The Balaban J connectivity index is 2.45. The first kappa shape index (κ1) is 12.9. The van der Waals surface area contributed by atoms with Crippen LogP contribution in [0.2, 0.25) is 0 Å². The van der Waals surface area contributed by atoms with Crippen LogP contribution in [-0.4, -0.2) is 31.2 Å². The molecule has 0 N–H and O–H groups in total. The Kier molecular flexibility index (Phi) is 3.57. The van der Waals surface area contributed by atoms with E-state index in [1.807, 2.05) is 6.92 Å². The minimum absolute atomic E-state index is 0.0239. The number of carbonyl (C=O) groups is 2. The van der Waals surface area contributed by atoms with Gasteiger partial charge in [0, 0.05) is 12.6 Å². The fraction of sp³-hybridized carbons (Fsp3) is 0.385. The standard InChI is InChI=1S/C13H14ClNO3/c1-8-7-18-12-4-3-9(11(16)6-14)5-10(12)15(2)13(8)17/h3-5,8H,6-7H2,1-2H3. The van der Waals surface area contributed by atoms with Crippen LogP contribution in [0.15, 0.2) is 18.2 Å². The predicted octanol–water partition coefficient (Wildman–Crippen LogP) is 2.10. The minimum Gasteiger partial charge on any atom is -0.491 e. The third kappa shape index (κ3) is 2.20. The molecule has 0 fully saturated rings. The zero-order valence-corrected chi connectivity index (χ0v) is 11.0. The molecule has 1 unspecified atom stereocenters. The van der Waals surface area contributed by atoms with Gasteiger partial charge in [0.05, 0.1) is 24.1 Å². The number of fused-ring (bicyclic) bond motifs is 1. The van der Waals surface area contributed by atoms with Gasteiger partial charge in [0.1, 0.15) is 5.75 Å². The molecule has 0 aromatic heterocycles. The summed E-state index contributed by atoms with van der Waals surface area (Å²) >= 11 is 5.53. The van der Waals surface area contributed by atoms with E-state index in [9.17, 15) is 9.59 Å². The normalized spacial score (nSPS) is 18.9. The van der Waals surface area contributed by atoms with Gasteiger partial charge in [0.15, 0.2) is 5.78 Å². The largest absolute Gasteiger partial charge is 0.491 e. The summed E-state index contributed by atoms with van der Waals surface area (Å²) in [5.74, 6) is 0.144. The highest BCUT2D eigenvalue weighted by molar-refractivity contribution is 6.30. The quantitative estimate of drug-likeness (QED) is 0.609. The van der Waals surface area contributed by atoms with E-state index < -0.39 is 0 Å². The topological polar surface area (TPSA) is 46.6 Å². The fourth-order valence-electron chi connectivity index (χ4n) is 1.89. The van der Waals surface area contributed by atoms with Crippen LogP contribution in [0.5, 0.6) is 5.75 Å². The number of ketones is 1. The summed E-state index contributed by atoms with van der Waals surface area (Å²) in [6.07, 6.45) is 0. The van der Waals surface area contributed by atoms with Crippen LogP contribution < -0.4 is 9.64 Å². The molecule has 0 spiro atoms. The summed E-state index contributed by atoms with van der Waals surface area (Å²) in [6, 6.07) is 5.02. The van der Waals surface area contributed by atoms with Crippen molar-refractivity contribution in [2.45, 2.75) is 6.92 Å². The van der Waals surface area contributed by atoms with Crippen LogP contribution in [0.4, 0.5) is 5.69 Å². The maximum Gasteiger partial charge on any atom is 0.233 e. The van der Waals surface area contributed by atoms with Crippen molar-refractivity contribution in [2.24, 2.45) is 5.92 Å². The van der Waals surface area contributed by atoms with Crippen molar-refractivity contribution in [3.8, 4) is 5.75 Å². The number of hydrogen-bond acceptors (Lipinski definition) is 3. The Morgan fingerprint density at radius 2 is 2.28 bits per heavy atom. The Morgan fingerprint density at radius 3 is 2.94 bits per heavy atom. The first-order valence-electron chi connectivity index (χ1n) is 5.68. The minimum atomic E-state index is -0.199. The average molecular weight is 268 g/mol. The van der Waals surface area contributed by atoms with Crippen molar-refractivity contribution in [3.05, 3.63) is 23.8 Å². The van der Waals surface area contributed by atoms with Crippen molar-refractivity contribution in [1.82, 2.24) is 0 Å². The number of benzene rings is 1. The number of anilines is 1. The number of carbonyl (C=O) groups excluding carboxylic acids is 2. The van der Waals surface area contributed by atoms with Gasteiger partial charge >= 0.3 is 0 Å². The van der Waals surface area contributed by atoms with E-state index in [2.05, 4.69) is 0 Å². The average Bonchev–Trinajstić information content (AvgIpc) is 2.50. The van der Waals surface area contributed by atoms with Gasteiger partial charge in [-0.05, 0) is 18.2 Å². The van der Waals surface area contributed by atoms with E-state index >= 15 is 0 Å². The van der Waals surface area contributed by atoms with Crippen molar-refractivity contribution < 1.29 is 14.3 Å². The SMILES string of the molecule is CC1COc2ccc(C(=O)CCl)cc2N(C)C1=O. The van der Waals surface area contributed by atoms with E-state index in [1.54, 1.807) is 25.2 Å². The molecule has 18 heavy (non-hydrogen) atoms. The molecule has 1 aromatic rings. The molecule has 1 aliphatic heterocycles. The van der Waals surface area contributed by atoms with Gasteiger partial charge in [-0.25, -0.2) is 0 Å². The van der Waals surface area contributed by atoms with Crippen molar-refractivity contribution in [1.29, 1.82) is 0 Å². The Hall–Kier alpha value is -1.55. The van der Waals surface area contributed by atoms with Crippen LogP contribution in [-0.2, 0) is 4.79 Å². The van der Waals surface area contributed by atoms with Crippen LogP contribution in [0.1, 0.15) is 17.3 Å². The summed E-state index contributed by atoms with van der Waals surface area (Å²) in [6.45, 7) is 2.16. The third-order valence-electron chi connectivity index (χ3n) is 3.00. The first-order valence-corrected chi connectivity index (χ1v) is 6.21. The molecule has 0 saturated heterocycles. The highest BCUT2D eigenvalue weighted by atomic mass is 35.5. The lowest BCUT2D eigenvalue weighted by Gasteiger charge is -2.18. The fourth-order valence-corrected chi connectivity index (χ4v) is 2.04. The third-order valence-corrected chi connectivity index (χ3v) is 3.25. The molecule has 5 heteroatoms. The summed E-state index contributed by atoms with van der Waals surface area (Å²) < 4.78 is 5.56. The first-order chi connectivity index (χ1) is 8.54. The predicted molar refractivity (Wildman–Crippen MR) is 69.6 cm³/mol. The molecule has 0 radical (unpaired) electrons. The number of alkyl halides is 1. The lowest BCUT2D eigenvalue weighted by atomic mass is 10.1. The maximum atomic E-state index is 12.0. The van der Waals surface area contributed by atoms with E-state index in [4.69, 9.17) is 16.3 Å². The second-order valence-corrected chi connectivity index (χ2v) is 4.62. The Morgan fingerprint density at radius 1 is 1.56 bits per heavy atom. The van der Waals surface area contributed by atoms with Gasteiger partial charge in [0.25, 0.3) is 0 Å². The van der Waals surface area contributed by atoms with Gasteiger partial charge < -0.3 is 9.64 Å². The summed E-state index contributed by atoms with van der Waals surface area (Å²) in [5, 5.41) is 0. The number of ether oxygens (including phenoxy) is 1. The molecule has 1 heterocycles. The Labute approximate surface area is 110 Å². The van der Waals surface area contributed by atoms with E-state index in [-0.39, 0.29) is 23.5 Å². The lowest BCUT2D eigenvalue weighted by molar-refractivity contribution is -0.122. The second-order valence-electron chi connectivity index (χ2n) is 4.35. The number of nitrogens with zero attached hydrogens (tertiary/aromatic N) is 1. The maximum absolute atomic E-state index is 12.0. The molecule has 0 saturated carbocycles. The van der Waals surface area contributed by atoms with Crippen molar-refractivity contribution in [3.63, 3.8) is 0 Å². The number of amides is 1. The molecule has 1 atom stereocenters. The van der Waals surface area contributed by atoms with Gasteiger partial charge in [-0.3, -0.25) is 9.59 Å². The van der Waals surface area contributed by atoms with Crippen molar-refractivity contribution >= 4 is 29.0 Å². The molecule has 1 aromatic carbocycles. The zero-order chi connectivity index (χ0) is 13.3. The van der Waals surface area contributed by atoms with Gasteiger partial charge in [-0.1, -0.05) is 6.92 Å². The summed E-state index contributed by atoms with van der Waals surface area (Å²) in [7, 11) is 1.68. The number of Topliss-reactive ketones (excluding diaryl/α,β-unsaturated/α-hetero) is 1. The molecule has 1 amide bonds. The summed E-state index contributed by atoms with van der Waals surface area (Å²) in [4.78, 5) is 25.1. The van der Waals surface area contributed by atoms with Crippen LogP contribution in [0.25, 0.3) is 0 Å². The highest BCUT2D eigenvalue weighted by Gasteiger charge is 2.26. The number of halogens is 1. The van der Waals surface area contributed by atoms with Gasteiger partial charge in [0.2, 0.25) is 5.91 Å². The lowest BCUT2D eigenvalue weighted by Crippen LogP contribution is -2.31. The van der Waals surface area contributed by atoms with E-state index in [0.717, 1.165) is 0 Å². The molecule has 0 aliphatic carbocycles. The van der Waals surface area contributed by atoms with Crippen LogP contribution in [0.3, 0.4) is 0 Å². The van der Waals surface area contributed by atoms with E-state index in [0.29, 0.717) is 23.6 Å². The van der Waals surface area contributed by atoms with Gasteiger partial charge in [-0.2, -0.15) is 0 Å². The highest BCUT2D eigenvalue weighted by Crippen LogP contribution is 2.32. The monoisotopic (exact) mass is 267 g/mol. The molecule has 96 valence electrons. The number of hydrogen-bond donors (Lipinski definition) is 0. The summed E-state index contributed by atoms with van der Waals surface area (Å²) in [5.41, 5.74) is 1.10. The van der Waals surface area contributed by atoms with Crippen LogP contribution >= 0.6 is 11.6 Å². The molecule has 1 aliphatic rings. The molecular weight excluding hydrogens is 254 g/mol. The molecule has 0 bridgehead atoms. The molecular formula is C13H14ClNO3. The smallest absolute Gasteiger partial charge is 0.233 e. The van der Waals surface area contributed by atoms with E-state index in [1.165, 1.54) is 4.90 Å². The Bertz CT molecular complexity index is 501. The molecule has 4 nitrogen and oxygen atoms in total. The van der Waals surface area contributed by atoms with Crippen molar-refractivity contribution in [2.75, 3.05) is 24.4 Å². The van der Waals surface area contributed by atoms with Crippen LogP contribution in [0, 0.1) is 5.92 Å². The van der Waals surface area contributed by atoms with Gasteiger partial charge in [-0.15, -0.1) is 11.6 Å². The zero-order valence-electron chi connectivity index (χ0n) is 10.3.